The molecule has 1 aliphatic rings. The summed E-state index contributed by atoms with van der Waals surface area (Å²) in [6.07, 6.45) is 0. The molecule has 0 bridgehead atoms. The SMILES string of the molecule is O=C(NCc1ccc2c(c1)OCO2)c1ccc(NCc2ccc(F)cc2)nn1. The molecule has 0 saturated carbocycles. The Balaban J connectivity index is 1.30. The molecule has 3 aromatic rings. The molecule has 0 unspecified atom stereocenters. The first kappa shape index (κ1) is 17.7. The number of amides is 1. The van der Waals surface area contributed by atoms with Gasteiger partial charge in [0.1, 0.15) is 11.6 Å². The predicted molar refractivity (Wildman–Crippen MR) is 99.5 cm³/mol. The van der Waals surface area contributed by atoms with Crippen LogP contribution in [-0.2, 0) is 13.1 Å². The highest BCUT2D eigenvalue weighted by Crippen LogP contribution is 2.32. The average molecular weight is 380 g/mol. The Hall–Kier alpha value is -3.68. The van der Waals surface area contributed by atoms with E-state index in [1.54, 1.807) is 24.3 Å². The number of rotatable bonds is 6. The van der Waals surface area contributed by atoms with Gasteiger partial charge in [0.15, 0.2) is 17.2 Å². The molecule has 0 spiro atoms. The van der Waals surface area contributed by atoms with E-state index in [0.717, 1.165) is 11.1 Å². The van der Waals surface area contributed by atoms with Gasteiger partial charge in [-0.15, -0.1) is 10.2 Å². The molecular weight excluding hydrogens is 363 g/mol. The number of aromatic nitrogens is 2. The molecule has 7 nitrogen and oxygen atoms in total. The smallest absolute Gasteiger partial charge is 0.272 e. The molecule has 8 heteroatoms. The van der Waals surface area contributed by atoms with Gasteiger partial charge in [-0.05, 0) is 47.5 Å². The Morgan fingerprint density at radius 3 is 2.50 bits per heavy atom. The molecule has 28 heavy (non-hydrogen) atoms. The Morgan fingerprint density at radius 1 is 0.929 bits per heavy atom. The Kier molecular flexibility index (Phi) is 5.01. The third-order valence-corrected chi connectivity index (χ3v) is 4.17. The predicted octanol–water partition coefficient (Wildman–Crippen LogP) is 2.89. The van der Waals surface area contributed by atoms with Crippen LogP contribution in [0, 0.1) is 5.82 Å². The summed E-state index contributed by atoms with van der Waals surface area (Å²) in [6.45, 7) is 1.02. The molecule has 1 amide bonds. The van der Waals surface area contributed by atoms with Gasteiger partial charge in [-0.3, -0.25) is 4.79 Å². The Morgan fingerprint density at radius 2 is 1.71 bits per heavy atom. The third kappa shape index (κ3) is 4.17. The van der Waals surface area contributed by atoms with Gasteiger partial charge >= 0.3 is 0 Å². The highest BCUT2D eigenvalue weighted by molar-refractivity contribution is 5.92. The molecule has 4 rings (SSSR count). The van der Waals surface area contributed by atoms with Gasteiger partial charge in [0.25, 0.3) is 5.91 Å². The van der Waals surface area contributed by atoms with E-state index >= 15 is 0 Å². The minimum absolute atomic E-state index is 0.211. The van der Waals surface area contributed by atoms with Gasteiger partial charge in [-0.2, -0.15) is 0 Å². The summed E-state index contributed by atoms with van der Waals surface area (Å²) in [6, 6.07) is 14.9. The number of fused-ring (bicyclic) bond motifs is 1. The third-order valence-electron chi connectivity index (χ3n) is 4.17. The highest BCUT2D eigenvalue weighted by Gasteiger charge is 2.14. The lowest BCUT2D eigenvalue weighted by molar-refractivity contribution is 0.0945. The van der Waals surface area contributed by atoms with E-state index in [1.807, 2.05) is 18.2 Å². The zero-order valence-electron chi connectivity index (χ0n) is 14.8. The zero-order chi connectivity index (χ0) is 19.3. The van der Waals surface area contributed by atoms with Crippen LogP contribution in [0.25, 0.3) is 0 Å². The maximum atomic E-state index is 12.9. The first-order valence-corrected chi connectivity index (χ1v) is 8.66. The lowest BCUT2D eigenvalue weighted by Gasteiger charge is -2.07. The van der Waals surface area contributed by atoms with Crippen molar-refractivity contribution in [3.8, 4) is 11.5 Å². The topological polar surface area (TPSA) is 85.4 Å². The number of hydrogen-bond donors (Lipinski definition) is 2. The molecule has 0 saturated heterocycles. The monoisotopic (exact) mass is 380 g/mol. The maximum Gasteiger partial charge on any atom is 0.272 e. The van der Waals surface area contributed by atoms with Crippen LogP contribution in [0.2, 0.25) is 0 Å². The van der Waals surface area contributed by atoms with E-state index in [1.165, 1.54) is 12.1 Å². The fraction of sp³-hybridized carbons (Fsp3) is 0.150. The first-order chi connectivity index (χ1) is 13.7. The number of hydrogen-bond acceptors (Lipinski definition) is 6. The van der Waals surface area contributed by atoms with Crippen molar-refractivity contribution in [2.45, 2.75) is 13.1 Å². The number of nitrogens with one attached hydrogen (secondary N) is 2. The van der Waals surface area contributed by atoms with Gasteiger partial charge in [0.05, 0.1) is 0 Å². The normalized spacial score (nSPS) is 11.9. The van der Waals surface area contributed by atoms with E-state index in [4.69, 9.17) is 9.47 Å². The number of anilines is 1. The van der Waals surface area contributed by atoms with Gasteiger partial charge in [0, 0.05) is 13.1 Å². The second-order valence-corrected chi connectivity index (χ2v) is 6.15. The summed E-state index contributed by atoms with van der Waals surface area (Å²) in [5.41, 5.74) is 2.02. The van der Waals surface area contributed by atoms with Crippen LogP contribution in [0.1, 0.15) is 21.6 Å². The number of ether oxygens (including phenoxy) is 2. The zero-order valence-corrected chi connectivity index (χ0v) is 14.8. The lowest BCUT2D eigenvalue weighted by Crippen LogP contribution is -2.24. The van der Waals surface area contributed by atoms with Crippen LogP contribution < -0.4 is 20.1 Å². The molecule has 1 aliphatic heterocycles. The summed E-state index contributed by atoms with van der Waals surface area (Å²) < 4.78 is 23.5. The van der Waals surface area contributed by atoms with Crippen LogP contribution in [-0.4, -0.2) is 22.9 Å². The van der Waals surface area contributed by atoms with Crippen LogP contribution >= 0.6 is 0 Å². The number of halogens is 1. The van der Waals surface area contributed by atoms with Crippen LogP contribution in [0.5, 0.6) is 11.5 Å². The second-order valence-electron chi connectivity index (χ2n) is 6.15. The molecule has 142 valence electrons. The first-order valence-electron chi connectivity index (χ1n) is 8.66. The standard InChI is InChI=1S/C20H17FN4O3/c21-15-4-1-13(2-5-15)10-22-19-8-6-16(24-25-19)20(26)23-11-14-3-7-17-18(9-14)28-12-27-17/h1-9H,10-12H2,(H,22,25)(H,23,26). The van der Waals surface area contributed by atoms with Gasteiger partial charge in [0.2, 0.25) is 6.79 Å². The van der Waals surface area contributed by atoms with E-state index in [9.17, 15) is 9.18 Å². The molecule has 0 radical (unpaired) electrons. The number of benzene rings is 2. The molecular formula is C20H17FN4O3. The van der Waals surface area contributed by atoms with E-state index in [0.29, 0.717) is 30.4 Å². The molecule has 2 aromatic carbocycles. The second kappa shape index (κ2) is 7.91. The van der Waals surface area contributed by atoms with E-state index in [-0.39, 0.29) is 24.2 Å². The van der Waals surface area contributed by atoms with Gasteiger partial charge < -0.3 is 20.1 Å². The van der Waals surface area contributed by atoms with Crippen molar-refractivity contribution in [1.82, 2.24) is 15.5 Å². The van der Waals surface area contributed by atoms with Crippen molar-refractivity contribution < 1.29 is 18.7 Å². The number of nitrogens with zero attached hydrogens (tertiary/aromatic N) is 2. The summed E-state index contributed by atoms with van der Waals surface area (Å²) in [5.74, 6) is 1.29. The van der Waals surface area contributed by atoms with Crippen molar-refractivity contribution in [2.75, 3.05) is 12.1 Å². The lowest BCUT2D eigenvalue weighted by atomic mass is 10.2. The van der Waals surface area contributed by atoms with Crippen molar-refractivity contribution in [3.63, 3.8) is 0 Å². The summed E-state index contributed by atoms with van der Waals surface area (Å²) in [7, 11) is 0. The van der Waals surface area contributed by atoms with Crippen LogP contribution in [0.3, 0.4) is 0 Å². The highest BCUT2D eigenvalue weighted by atomic mass is 19.1. The molecule has 0 fully saturated rings. The molecule has 2 N–H and O–H groups in total. The van der Waals surface area contributed by atoms with Crippen molar-refractivity contribution in [3.05, 3.63) is 77.2 Å². The minimum Gasteiger partial charge on any atom is -0.454 e. The molecule has 1 aromatic heterocycles. The fourth-order valence-corrected chi connectivity index (χ4v) is 2.67. The summed E-state index contributed by atoms with van der Waals surface area (Å²) in [5, 5.41) is 13.8. The van der Waals surface area contributed by atoms with Gasteiger partial charge in [-0.1, -0.05) is 18.2 Å². The average Bonchev–Trinajstić information content (AvgIpc) is 3.20. The summed E-state index contributed by atoms with van der Waals surface area (Å²) in [4.78, 5) is 12.2. The molecule has 2 heterocycles. The molecule has 0 aliphatic carbocycles. The number of carbonyl (C=O) groups is 1. The van der Waals surface area contributed by atoms with Crippen molar-refractivity contribution in [1.29, 1.82) is 0 Å². The minimum atomic E-state index is -0.324. The van der Waals surface area contributed by atoms with E-state index in [2.05, 4.69) is 20.8 Å². The van der Waals surface area contributed by atoms with Gasteiger partial charge in [-0.25, -0.2) is 4.39 Å². The van der Waals surface area contributed by atoms with Crippen molar-refractivity contribution in [2.24, 2.45) is 0 Å². The largest absolute Gasteiger partial charge is 0.454 e. The fourth-order valence-electron chi connectivity index (χ4n) is 2.67. The maximum absolute atomic E-state index is 12.9. The molecule has 0 atom stereocenters. The van der Waals surface area contributed by atoms with E-state index < -0.39 is 0 Å². The number of carbonyl (C=O) groups excluding carboxylic acids is 1. The Bertz CT molecular complexity index is 978. The Labute approximate surface area is 160 Å². The van der Waals surface area contributed by atoms with Crippen LogP contribution in [0.4, 0.5) is 10.2 Å². The van der Waals surface area contributed by atoms with Crippen molar-refractivity contribution >= 4 is 11.7 Å². The summed E-state index contributed by atoms with van der Waals surface area (Å²) >= 11 is 0. The van der Waals surface area contributed by atoms with Crippen LogP contribution in [0.15, 0.2) is 54.6 Å². The quantitative estimate of drug-likeness (QED) is 0.684.